The third-order valence-electron chi connectivity index (χ3n) is 12.7. The average molecular weight is 836 g/mol. The number of rotatable bonds is 49. The highest BCUT2D eigenvalue weighted by Gasteiger charge is 2.24. The first-order chi connectivity index (χ1) is 29.0. The Morgan fingerprint density at radius 1 is 0.424 bits per heavy atom. The zero-order valence-electron chi connectivity index (χ0n) is 40.2. The fourth-order valence-corrected chi connectivity index (χ4v) is 8.61. The second-order valence-corrected chi connectivity index (χ2v) is 18.6. The molecule has 0 aliphatic heterocycles. The second kappa shape index (κ2) is 47.9. The van der Waals surface area contributed by atoms with Crippen molar-refractivity contribution in [2.24, 2.45) is 0 Å². The molecule has 1 amide bonds. The molecule has 0 fully saturated rings. The lowest BCUT2D eigenvalue weighted by Crippen LogP contribution is -2.46. The predicted octanol–water partition coefficient (Wildman–Crippen LogP) is 16.0. The minimum absolute atomic E-state index is 0.0878. The number of aliphatic hydroxyl groups is 2. The SMILES string of the molecule is CCCCCCCCCCCCCCCCCCCC(=O)OC(CCCCCCCCCCCCCC)CC(=O)NC(CO)C(O)CCCCCCCCCCCCC. The smallest absolute Gasteiger partial charge is 0.306 e. The summed E-state index contributed by atoms with van der Waals surface area (Å²) in [7, 11) is 0. The van der Waals surface area contributed by atoms with Crippen LogP contribution in [0.2, 0.25) is 0 Å². The van der Waals surface area contributed by atoms with Crippen LogP contribution >= 0.6 is 0 Å². The summed E-state index contributed by atoms with van der Waals surface area (Å²) in [4.78, 5) is 26.1. The van der Waals surface area contributed by atoms with Crippen molar-refractivity contribution in [2.45, 2.75) is 322 Å². The summed E-state index contributed by atoms with van der Waals surface area (Å²) in [6.45, 7) is 6.51. The maximum absolute atomic E-state index is 13.2. The van der Waals surface area contributed by atoms with Crippen LogP contribution in [0, 0.1) is 0 Å². The lowest BCUT2D eigenvalue weighted by atomic mass is 10.0. The van der Waals surface area contributed by atoms with E-state index in [9.17, 15) is 19.8 Å². The average Bonchev–Trinajstić information content (AvgIpc) is 3.23. The van der Waals surface area contributed by atoms with Gasteiger partial charge in [0.1, 0.15) is 6.10 Å². The molecule has 3 N–H and O–H groups in total. The van der Waals surface area contributed by atoms with E-state index in [1.807, 2.05) is 0 Å². The van der Waals surface area contributed by atoms with Gasteiger partial charge in [0, 0.05) is 6.42 Å². The van der Waals surface area contributed by atoms with Crippen LogP contribution in [-0.4, -0.2) is 46.9 Å². The Morgan fingerprint density at radius 3 is 1.03 bits per heavy atom. The van der Waals surface area contributed by atoms with Crippen molar-refractivity contribution in [3.05, 3.63) is 0 Å². The minimum Gasteiger partial charge on any atom is -0.462 e. The van der Waals surface area contributed by atoms with Crippen LogP contribution in [0.5, 0.6) is 0 Å². The molecule has 0 radical (unpaired) electrons. The first kappa shape index (κ1) is 57.9. The Balaban J connectivity index is 4.46. The van der Waals surface area contributed by atoms with Crippen LogP contribution in [0.15, 0.2) is 0 Å². The van der Waals surface area contributed by atoms with E-state index in [2.05, 4.69) is 26.1 Å². The maximum atomic E-state index is 13.2. The number of aliphatic hydroxyl groups excluding tert-OH is 2. The van der Waals surface area contributed by atoms with Gasteiger partial charge < -0.3 is 20.3 Å². The molecule has 0 aliphatic rings. The maximum Gasteiger partial charge on any atom is 0.306 e. The van der Waals surface area contributed by atoms with Gasteiger partial charge >= 0.3 is 5.97 Å². The third kappa shape index (κ3) is 43.3. The Bertz CT molecular complexity index is 852. The first-order valence-corrected chi connectivity index (χ1v) is 26.8. The van der Waals surface area contributed by atoms with Crippen LogP contribution in [0.25, 0.3) is 0 Å². The molecule has 0 saturated carbocycles. The molecule has 0 aromatic carbocycles. The molecule has 0 aliphatic carbocycles. The molecule has 0 rings (SSSR count). The highest BCUT2D eigenvalue weighted by atomic mass is 16.5. The van der Waals surface area contributed by atoms with E-state index >= 15 is 0 Å². The zero-order chi connectivity index (χ0) is 43.1. The van der Waals surface area contributed by atoms with Crippen molar-refractivity contribution in [2.75, 3.05) is 6.61 Å². The number of ether oxygens (including phenoxy) is 1. The van der Waals surface area contributed by atoms with Gasteiger partial charge in [-0.1, -0.05) is 265 Å². The summed E-state index contributed by atoms with van der Waals surface area (Å²) in [6.07, 6.45) is 51.6. The summed E-state index contributed by atoms with van der Waals surface area (Å²) >= 11 is 0. The van der Waals surface area contributed by atoms with Gasteiger partial charge in [-0.05, 0) is 25.7 Å². The third-order valence-corrected chi connectivity index (χ3v) is 12.7. The van der Waals surface area contributed by atoms with Crippen molar-refractivity contribution in [3.63, 3.8) is 0 Å². The topological polar surface area (TPSA) is 95.9 Å². The van der Waals surface area contributed by atoms with Crippen LogP contribution in [0.1, 0.15) is 303 Å². The first-order valence-electron chi connectivity index (χ1n) is 26.8. The van der Waals surface area contributed by atoms with Crippen LogP contribution in [0.3, 0.4) is 0 Å². The Morgan fingerprint density at radius 2 is 0.712 bits per heavy atom. The lowest BCUT2D eigenvalue weighted by molar-refractivity contribution is -0.151. The molecular formula is C53H105NO5. The van der Waals surface area contributed by atoms with Crippen molar-refractivity contribution in [3.8, 4) is 0 Å². The van der Waals surface area contributed by atoms with Gasteiger partial charge in [-0.3, -0.25) is 9.59 Å². The fourth-order valence-electron chi connectivity index (χ4n) is 8.61. The van der Waals surface area contributed by atoms with E-state index in [0.29, 0.717) is 19.3 Å². The Kier molecular flexibility index (Phi) is 47.0. The number of esters is 1. The number of carbonyl (C=O) groups is 2. The van der Waals surface area contributed by atoms with Crippen molar-refractivity contribution >= 4 is 11.9 Å². The standard InChI is InChI=1S/C53H105NO5/c1-4-7-10-13-16-19-22-24-25-26-27-28-31-34-37-40-43-46-53(58)59-49(44-41-38-35-32-30-23-20-17-14-11-8-5-2)47-52(57)54-50(48-55)51(56)45-42-39-36-33-29-21-18-15-12-9-6-3/h49-51,55-56H,4-48H2,1-3H3,(H,54,57). The molecular weight excluding hydrogens is 731 g/mol. The summed E-state index contributed by atoms with van der Waals surface area (Å²) in [5.41, 5.74) is 0. The van der Waals surface area contributed by atoms with Gasteiger partial charge in [-0.25, -0.2) is 0 Å². The quantitative estimate of drug-likeness (QED) is 0.0419. The Labute approximate surface area is 368 Å². The highest BCUT2D eigenvalue weighted by Crippen LogP contribution is 2.19. The van der Waals surface area contributed by atoms with E-state index in [4.69, 9.17) is 4.74 Å². The van der Waals surface area contributed by atoms with E-state index in [0.717, 1.165) is 38.5 Å². The number of hydrogen-bond donors (Lipinski definition) is 3. The van der Waals surface area contributed by atoms with Crippen LogP contribution < -0.4 is 5.32 Å². The molecule has 0 aromatic heterocycles. The molecule has 0 heterocycles. The molecule has 0 bridgehead atoms. The monoisotopic (exact) mass is 836 g/mol. The molecule has 6 nitrogen and oxygen atoms in total. The van der Waals surface area contributed by atoms with Crippen LogP contribution in [0.4, 0.5) is 0 Å². The Hall–Kier alpha value is -1.14. The highest BCUT2D eigenvalue weighted by molar-refractivity contribution is 5.77. The number of unbranched alkanes of at least 4 members (excludes halogenated alkanes) is 37. The van der Waals surface area contributed by atoms with Gasteiger partial charge in [0.2, 0.25) is 5.91 Å². The normalized spacial score (nSPS) is 13.1. The number of nitrogens with one attached hydrogen (secondary N) is 1. The molecule has 352 valence electrons. The predicted molar refractivity (Wildman–Crippen MR) is 255 cm³/mol. The minimum atomic E-state index is -0.778. The molecule has 0 aromatic rings. The van der Waals surface area contributed by atoms with E-state index in [-0.39, 0.29) is 24.9 Å². The largest absolute Gasteiger partial charge is 0.462 e. The number of amides is 1. The summed E-state index contributed by atoms with van der Waals surface area (Å²) < 4.78 is 5.94. The molecule has 6 heteroatoms. The van der Waals surface area contributed by atoms with E-state index in [1.54, 1.807) is 0 Å². The fraction of sp³-hybridized carbons (Fsp3) is 0.962. The van der Waals surface area contributed by atoms with E-state index < -0.39 is 18.2 Å². The number of carbonyl (C=O) groups excluding carboxylic acids is 2. The van der Waals surface area contributed by atoms with Crippen LogP contribution in [-0.2, 0) is 14.3 Å². The molecule has 3 unspecified atom stereocenters. The van der Waals surface area contributed by atoms with E-state index in [1.165, 1.54) is 218 Å². The lowest BCUT2D eigenvalue weighted by Gasteiger charge is -2.24. The zero-order valence-corrected chi connectivity index (χ0v) is 40.2. The van der Waals surface area contributed by atoms with Crippen molar-refractivity contribution in [1.29, 1.82) is 0 Å². The van der Waals surface area contributed by atoms with Crippen molar-refractivity contribution < 1.29 is 24.5 Å². The van der Waals surface area contributed by atoms with Gasteiger partial charge in [0.25, 0.3) is 0 Å². The summed E-state index contributed by atoms with van der Waals surface area (Å²) in [6, 6.07) is -0.691. The molecule has 3 atom stereocenters. The van der Waals surface area contributed by atoms with Gasteiger partial charge in [-0.15, -0.1) is 0 Å². The molecule has 0 saturated heterocycles. The second-order valence-electron chi connectivity index (χ2n) is 18.6. The molecule has 0 spiro atoms. The number of hydrogen-bond acceptors (Lipinski definition) is 5. The summed E-state index contributed by atoms with van der Waals surface area (Å²) in [5.74, 6) is -0.450. The molecule has 59 heavy (non-hydrogen) atoms. The van der Waals surface area contributed by atoms with Gasteiger partial charge in [0.15, 0.2) is 0 Å². The summed E-state index contributed by atoms with van der Waals surface area (Å²) in [5, 5.41) is 23.7. The van der Waals surface area contributed by atoms with Gasteiger partial charge in [0.05, 0.1) is 25.2 Å². The van der Waals surface area contributed by atoms with Crippen molar-refractivity contribution in [1.82, 2.24) is 5.32 Å². The van der Waals surface area contributed by atoms with Gasteiger partial charge in [-0.2, -0.15) is 0 Å².